The Balaban J connectivity index is 2.16. The van der Waals surface area contributed by atoms with Crippen LogP contribution in [0.15, 0.2) is 16.8 Å². The average Bonchev–Trinajstić information content (AvgIpc) is 2.82. The SMILES string of the molecule is COCc1cc(Cn2cc(C)c(C)c2C)no1. The van der Waals surface area contributed by atoms with Crippen molar-refractivity contribution in [2.45, 2.75) is 33.9 Å². The summed E-state index contributed by atoms with van der Waals surface area (Å²) in [5.74, 6) is 0.765. The van der Waals surface area contributed by atoms with Crippen LogP contribution in [0.25, 0.3) is 0 Å². The molecule has 0 aliphatic rings. The van der Waals surface area contributed by atoms with Gasteiger partial charge >= 0.3 is 0 Å². The Morgan fingerprint density at radius 2 is 2.12 bits per heavy atom. The van der Waals surface area contributed by atoms with Gasteiger partial charge in [-0.3, -0.25) is 0 Å². The summed E-state index contributed by atoms with van der Waals surface area (Å²) >= 11 is 0. The molecule has 0 aliphatic carbocycles. The van der Waals surface area contributed by atoms with E-state index in [0.717, 1.165) is 18.0 Å². The molecule has 17 heavy (non-hydrogen) atoms. The zero-order valence-electron chi connectivity index (χ0n) is 10.8. The van der Waals surface area contributed by atoms with E-state index in [9.17, 15) is 0 Å². The fourth-order valence-electron chi connectivity index (χ4n) is 1.91. The summed E-state index contributed by atoms with van der Waals surface area (Å²) in [6, 6.07) is 1.94. The topological polar surface area (TPSA) is 40.2 Å². The van der Waals surface area contributed by atoms with Gasteiger partial charge in [0.1, 0.15) is 12.3 Å². The second-order valence-corrected chi connectivity index (χ2v) is 4.37. The molecule has 0 saturated heterocycles. The van der Waals surface area contributed by atoms with Crippen LogP contribution in [0.2, 0.25) is 0 Å². The summed E-state index contributed by atoms with van der Waals surface area (Å²) in [7, 11) is 1.64. The summed E-state index contributed by atoms with van der Waals surface area (Å²) in [6.07, 6.45) is 2.15. The van der Waals surface area contributed by atoms with E-state index < -0.39 is 0 Å². The van der Waals surface area contributed by atoms with Gasteiger partial charge in [0.05, 0.1) is 6.54 Å². The molecule has 2 aromatic rings. The van der Waals surface area contributed by atoms with Crippen molar-refractivity contribution in [3.8, 4) is 0 Å². The number of hydrogen-bond donors (Lipinski definition) is 0. The van der Waals surface area contributed by atoms with Gasteiger partial charge in [0, 0.05) is 25.1 Å². The molecule has 0 radical (unpaired) electrons. The van der Waals surface area contributed by atoms with Gasteiger partial charge in [-0.05, 0) is 31.9 Å². The highest BCUT2D eigenvalue weighted by Gasteiger charge is 2.08. The number of ether oxygens (including phenoxy) is 1. The lowest BCUT2D eigenvalue weighted by molar-refractivity contribution is 0.155. The van der Waals surface area contributed by atoms with Crippen LogP contribution in [0.3, 0.4) is 0 Å². The van der Waals surface area contributed by atoms with Crippen molar-refractivity contribution in [2.75, 3.05) is 7.11 Å². The Kier molecular flexibility index (Phi) is 3.33. The maximum absolute atomic E-state index is 5.17. The molecule has 0 fully saturated rings. The van der Waals surface area contributed by atoms with Crippen LogP contribution in [0.5, 0.6) is 0 Å². The molecular weight excluding hydrogens is 216 g/mol. The zero-order valence-corrected chi connectivity index (χ0v) is 10.8. The Morgan fingerprint density at radius 1 is 1.35 bits per heavy atom. The Labute approximate surface area is 101 Å². The maximum Gasteiger partial charge on any atom is 0.162 e. The second-order valence-electron chi connectivity index (χ2n) is 4.37. The number of nitrogens with zero attached hydrogens (tertiary/aromatic N) is 2. The highest BCUT2D eigenvalue weighted by atomic mass is 16.5. The smallest absolute Gasteiger partial charge is 0.162 e. The third-order valence-electron chi connectivity index (χ3n) is 3.14. The number of methoxy groups -OCH3 is 1. The Morgan fingerprint density at radius 3 is 2.71 bits per heavy atom. The lowest BCUT2D eigenvalue weighted by Gasteiger charge is -2.02. The molecular formula is C13H18N2O2. The molecule has 0 spiro atoms. The van der Waals surface area contributed by atoms with Gasteiger partial charge in [0.15, 0.2) is 5.76 Å². The molecule has 2 heterocycles. The van der Waals surface area contributed by atoms with E-state index in [1.165, 1.54) is 16.8 Å². The molecule has 0 aromatic carbocycles. The molecule has 0 N–H and O–H groups in total. The van der Waals surface area contributed by atoms with Crippen molar-refractivity contribution in [3.05, 3.63) is 40.5 Å². The van der Waals surface area contributed by atoms with Gasteiger partial charge in [-0.15, -0.1) is 0 Å². The van der Waals surface area contributed by atoms with Gasteiger partial charge < -0.3 is 13.8 Å². The van der Waals surface area contributed by atoms with Crippen LogP contribution in [0.1, 0.15) is 28.3 Å². The molecule has 0 unspecified atom stereocenters. The van der Waals surface area contributed by atoms with Gasteiger partial charge in [-0.1, -0.05) is 5.16 Å². The molecule has 2 aromatic heterocycles. The first-order valence-corrected chi connectivity index (χ1v) is 5.68. The standard InChI is InChI=1S/C13H18N2O2/c1-9-6-15(11(3)10(9)2)7-12-5-13(8-16-4)17-14-12/h5-6H,7-8H2,1-4H3. The number of rotatable bonds is 4. The number of hydrogen-bond acceptors (Lipinski definition) is 3. The minimum absolute atomic E-state index is 0.468. The molecule has 0 saturated carbocycles. The van der Waals surface area contributed by atoms with Crippen molar-refractivity contribution < 1.29 is 9.26 Å². The first-order valence-electron chi connectivity index (χ1n) is 5.68. The first-order chi connectivity index (χ1) is 8.11. The first kappa shape index (κ1) is 11.9. The van der Waals surface area contributed by atoms with Crippen molar-refractivity contribution in [1.29, 1.82) is 0 Å². The third-order valence-corrected chi connectivity index (χ3v) is 3.14. The predicted molar refractivity (Wildman–Crippen MR) is 65.0 cm³/mol. The van der Waals surface area contributed by atoms with Crippen LogP contribution in [-0.2, 0) is 17.9 Å². The molecule has 4 nitrogen and oxygen atoms in total. The van der Waals surface area contributed by atoms with E-state index in [1.54, 1.807) is 7.11 Å². The molecule has 0 atom stereocenters. The average molecular weight is 234 g/mol. The van der Waals surface area contributed by atoms with Crippen LogP contribution < -0.4 is 0 Å². The van der Waals surface area contributed by atoms with Gasteiger partial charge in [0.2, 0.25) is 0 Å². The van der Waals surface area contributed by atoms with Crippen molar-refractivity contribution in [3.63, 3.8) is 0 Å². The number of aryl methyl sites for hydroxylation is 1. The minimum atomic E-state index is 0.468. The highest BCUT2D eigenvalue weighted by Crippen LogP contribution is 2.16. The van der Waals surface area contributed by atoms with E-state index in [2.05, 4.69) is 36.7 Å². The van der Waals surface area contributed by atoms with E-state index >= 15 is 0 Å². The Bertz CT molecular complexity index is 511. The monoisotopic (exact) mass is 234 g/mol. The summed E-state index contributed by atoms with van der Waals surface area (Å²) in [5.41, 5.74) is 4.85. The van der Waals surface area contributed by atoms with Gasteiger partial charge in [-0.2, -0.15) is 0 Å². The lowest BCUT2D eigenvalue weighted by Crippen LogP contribution is -2.00. The fourth-order valence-corrected chi connectivity index (χ4v) is 1.91. The molecule has 0 bridgehead atoms. The molecule has 2 rings (SSSR count). The lowest BCUT2D eigenvalue weighted by atomic mass is 10.2. The fraction of sp³-hybridized carbons (Fsp3) is 0.462. The van der Waals surface area contributed by atoms with Crippen LogP contribution >= 0.6 is 0 Å². The third kappa shape index (κ3) is 2.42. The summed E-state index contributed by atoms with van der Waals surface area (Å²) in [6.45, 7) is 7.60. The van der Waals surface area contributed by atoms with Gasteiger partial charge in [-0.25, -0.2) is 0 Å². The molecule has 0 aliphatic heterocycles. The summed E-state index contributed by atoms with van der Waals surface area (Å²) in [4.78, 5) is 0. The quantitative estimate of drug-likeness (QED) is 0.816. The van der Waals surface area contributed by atoms with Crippen molar-refractivity contribution in [2.24, 2.45) is 0 Å². The molecule has 0 amide bonds. The minimum Gasteiger partial charge on any atom is -0.377 e. The van der Waals surface area contributed by atoms with E-state index in [-0.39, 0.29) is 0 Å². The Hall–Kier alpha value is -1.55. The van der Waals surface area contributed by atoms with Gasteiger partial charge in [0.25, 0.3) is 0 Å². The van der Waals surface area contributed by atoms with Crippen molar-refractivity contribution >= 4 is 0 Å². The zero-order chi connectivity index (χ0) is 12.4. The number of aromatic nitrogens is 2. The molecule has 4 heteroatoms. The predicted octanol–water partition coefficient (Wildman–Crippen LogP) is 2.60. The normalized spacial score (nSPS) is 11.1. The van der Waals surface area contributed by atoms with E-state index in [4.69, 9.17) is 9.26 Å². The second kappa shape index (κ2) is 4.75. The van der Waals surface area contributed by atoms with E-state index in [0.29, 0.717) is 6.61 Å². The van der Waals surface area contributed by atoms with E-state index in [1.807, 2.05) is 6.07 Å². The van der Waals surface area contributed by atoms with Crippen LogP contribution in [-0.4, -0.2) is 16.8 Å². The largest absolute Gasteiger partial charge is 0.377 e. The maximum atomic E-state index is 5.17. The van der Waals surface area contributed by atoms with Crippen LogP contribution in [0.4, 0.5) is 0 Å². The summed E-state index contributed by atoms with van der Waals surface area (Å²) in [5, 5.41) is 4.03. The highest BCUT2D eigenvalue weighted by molar-refractivity contribution is 5.29. The van der Waals surface area contributed by atoms with Crippen LogP contribution in [0, 0.1) is 20.8 Å². The molecule has 92 valence electrons. The summed E-state index contributed by atoms with van der Waals surface area (Å²) < 4.78 is 12.4. The van der Waals surface area contributed by atoms with Crippen molar-refractivity contribution in [1.82, 2.24) is 9.72 Å².